The van der Waals surface area contributed by atoms with Gasteiger partial charge in [0.1, 0.15) is 18.2 Å². The van der Waals surface area contributed by atoms with E-state index in [0.717, 1.165) is 5.56 Å². The van der Waals surface area contributed by atoms with E-state index < -0.39 is 18.1 Å². The smallest absolute Gasteiger partial charge is 0.358 e. The number of rotatable bonds is 4. The van der Waals surface area contributed by atoms with Crippen LogP contribution in [0.3, 0.4) is 0 Å². The highest BCUT2D eigenvalue weighted by Crippen LogP contribution is 2.36. The third-order valence-electron chi connectivity index (χ3n) is 4.03. The average Bonchev–Trinajstić information content (AvgIpc) is 2.72. The number of ether oxygens (including phenoxy) is 3. The van der Waals surface area contributed by atoms with Crippen molar-refractivity contribution in [1.29, 1.82) is 0 Å². The minimum atomic E-state index is -0.646. The van der Waals surface area contributed by atoms with Gasteiger partial charge in [0.25, 0.3) is 0 Å². The number of carbonyl (C=O) groups is 1. The molecule has 0 radical (unpaired) electrons. The monoisotopic (exact) mass is 366 g/mol. The van der Waals surface area contributed by atoms with Crippen LogP contribution in [-0.4, -0.2) is 15.9 Å². The molecular weight excluding hydrogens is 351 g/mol. The molecule has 2 heterocycles. The van der Waals surface area contributed by atoms with Crippen LogP contribution in [0.1, 0.15) is 33.5 Å². The molecule has 0 saturated heterocycles. The fraction of sp³-hybridized carbons (Fsp3) is 0.150. The Bertz CT molecular complexity index is 951. The van der Waals surface area contributed by atoms with E-state index in [0.29, 0.717) is 16.9 Å². The van der Waals surface area contributed by atoms with Gasteiger partial charge in [-0.05, 0) is 12.1 Å². The lowest BCUT2D eigenvalue weighted by Crippen LogP contribution is -2.20. The largest absolute Gasteiger partial charge is 0.460 e. The number of benzene rings is 2. The third kappa shape index (κ3) is 3.78. The second-order valence-electron chi connectivity index (χ2n) is 5.89. The first kappa shape index (κ1) is 17.1. The van der Waals surface area contributed by atoms with Crippen molar-refractivity contribution in [2.24, 2.45) is 0 Å². The quantitative estimate of drug-likeness (QED) is 0.658. The van der Waals surface area contributed by atoms with Crippen molar-refractivity contribution in [1.82, 2.24) is 9.97 Å². The van der Waals surface area contributed by atoms with Gasteiger partial charge in [0.15, 0.2) is 5.69 Å². The Morgan fingerprint density at radius 2 is 2.07 bits per heavy atom. The summed E-state index contributed by atoms with van der Waals surface area (Å²) in [5.41, 5.74) is 1.91. The van der Waals surface area contributed by atoms with Crippen LogP contribution in [0.2, 0.25) is 0 Å². The van der Waals surface area contributed by atoms with Crippen molar-refractivity contribution in [3.05, 3.63) is 89.3 Å². The lowest BCUT2D eigenvalue weighted by molar-refractivity contribution is -0.112. The molecule has 0 fully saturated rings. The molecule has 0 aliphatic carbocycles. The van der Waals surface area contributed by atoms with Gasteiger partial charge in [0.05, 0.1) is 12.8 Å². The lowest BCUT2D eigenvalue weighted by atomic mass is 10.1. The predicted octanol–water partition coefficient (Wildman–Crippen LogP) is 3.58. The summed E-state index contributed by atoms with van der Waals surface area (Å²) in [4.78, 5) is 19.8. The molecule has 1 aliphatic heterocycles. The Kier molecular flexibility index (Phi) is 4.76. The molecule has 2 aromatic carbocycles. The topological polar surface area (TPSA) is 70.5 Å². The van der Waals surface area contributed by atoms with Crippen molar-refractivity contribution >= 4 is 5.97 Å². The molecular formula is C20H15FN2O4. The Hall–Kier alpha value is -3.32. The summed E-state index contributed by atoms with van der Waals surface area (Å²) < 4.78 is 30.8. The van der Waals surface area contributed by atoms with Crippen LogP contribution in [0.25, 0.3) is 0 Å². The number of aromatic nitrogens is 2. The molecule has 6 nitrogen and oxygen atoms in total. The Labute approximate surface area is 154 Å². The van der Waals surface area contributed by atoms with E-state index in [-0.39, 0.29) is 18.9 Å². The molecule has 1 aromatic heterocycles. The van der Waals surface area contributed by atoms with Crippen molar-refractivity contribution in [3.8, 4) is 5.75 Å². The molecule has 0 bridgehead atoms. The molecule has 0 unspecified atom stereocenters. The fourth-order valence-corrected chi connectivity index (χ4v) is 2.78. The summed E-state index contributed by atoms with van der Waals surface area (Å²) in [5, 5.41) is 0. The van der Waals surface area contributed by atoms with Crippen molar-refractivity contribution in [2.45, 2.75) is 19.5 Å². The van der Waals surface area contributed by atoms with Gasteiger partial charge in [-0.1, -0.05) is 30.3 Å². The van der Waals surface area contributed by atoms with Crippen molar-refractivity contribution in [2.75, 3.05) is 0 Å². The van der Waals surface area contributed by atoms with E-state index in [1.807, 2.05) is 30.3 Å². The molecule has 7 heteroatoms. The number of fused-ring (bicyclic) bond motifs is 1. The van der Waals surface area contributed by atoms with Crippen LogP contribution in [0.15, 0.2) is 61.1 Å². The number of halogens is 1. The first-order chi connectivity index (χ1) is 13.2. The van der Waals surface area contributed by atoms with E-state index >= 15 is 0 Å². The maximum absolute atomic E-state index is 13.9. The van der Waals surface area contributed by atoms with Crippen LogP contribution in [0.5, 0.6) is 5.75 Å². The normalized spacial score (nSPS) is 15.5. The van der Waals surface area contributed by atoms with Crippen LogP contribution in [0, 0.1) is 5.82 Å². The molecule has 1 atom stereocenters. The molecule has 1 aliphatic rings. The number of nitrogens with zero attached hydrogens (tertiary/aromatic N) is 2. The fourth-order valence-electron chi connectivity index (χ4n) is 2.78. The van der Waals surface area contributed by atoms with Crippen molar-refractivity contribution < 1.29 is 23.4 Å². The van der Waals surface area contributed by atoms with Gasteiger partial charge in [0, 0.05) is 29.1 Å². The van der Waals surface area contributed by atoms with Gasteiger partial charge < -0.3 is 14.2 Å². The van der Waals surface area contributed by atoms with E-state index in [4.69, 9.17) is 14.2 Å². The molecule has 0 amide bonds. The van der Waals surface area contributed by atoms with Crippen LogP contribution in [0.4, 0.5) is 4.39 Å². The molecule has 0 N–H and O–H groups in total. The van der Waals surface area contributed by atoms with E-state index in [1.54, 1.807) is 0 Å². The summed E-state index contributed by atoms with van der Waals surface area (Å²) >= 11 is 0. The zero-order chi connectivity index (χ0) is 18.6. The lowest BCUT2D eigenvalue weighted by Gasteiger charge is -2.28. The van der Waals surface area contributed by atoms with Crippen LogP contribution < -0.4 is 4.74 Å². The molecule has 0 saturated carbocycles. The molecule has 3 aromatic rings. The zero-order valence-corrected chi connectivity index (χ0v) is 14.2. The summed E-state index contributed by atoms with van der Waals surface area (Å²) in [6, 6.07) is 12.1. The highest BCUT2D eigenvalue weighted by Gasteiger charge is 2.25. The van der Waals surface area contributed by atoms with Gasteiger partial charge in [-0.2, -0.15) is 0 Å². The highest BCUT2D eigenvalue weighted by molar-refractivity contribution is 5.86. The summed E-state index contributed by atoms with van der Waals surface area (Å²) in [7, 11) is 0. The van der Waals surface area contributed by atoms with Crippen LogP contribution >= 0.6 is 0 Å². The van der Waals surface area contributed by atoms with Gasteiger partial charge in [-0.15, -0.1) is 0 Å². The summed E-state index contributed by atoms with van der Waals surface area (Å²) in [6.07, 6.45) is 3.54. The highest BCUT2D eigenvalue weighted by atomic mass is 19.1. The Morgan fingerprint density at radius 3 is 2.85 bits per heavy atom. The SMILES string of the molecule is O=C(OCc1cc(F)cc2c1O[C@H](c1ccccc1)OC2)c1cnccn1. The van der Waals surface area contributed by atoms with Crippen LogP contribution in [-0.2, 0) is 22.7 Å². The Balaban J connectivity index is 1.55. The molecule has 27 heavy (non-hydrogen) atoms. The number of hydrogen-bond donors (Lipinski definition) is 0. The Morgan fingerprint density at radius 1 is 1.22 bits per heavy atom. The summed E-state index contributed by atoms with van der Waals surface area (Å²) in [6.45, 7) is 0.0365. The number of carbonyl (C=O) groups excluding carboxylic acids is 1. The standard InChI is InChI=1S/C20H15FN2O4/c21-16-8-14(11-25-19(24)17-10-22-6-7-23-17)18-15(9-16)12-26-20(27-18)13-4-2-1-3-5-13/h1-10,20H,11-12H2/t20-/m1/s1. The zero-order valence-electron chi connectivity index (χ0n) is 14.2. The average molecular weight is 366 g/mol. The number of hydrogen-bond acceptors (Lipinski definition) is 6. The maximum Gasteiger partial charge on any atom is 0.358 e. The minimum absolute atomic E-state index is 0.0779. The second-order valence-corrected chi connectivity index (χ2v) is 5.89. The second kappa shape index (κ2) is 7.51. The van der Waals surface area contributed by atoms with Gasteiger partial charge in [-0.3, -0.25) is 4.98 Å². The first-order valence-electron chi connectivity index (χ1n) is 8.28. The van der Waals surface area contributed by atoms with Gasteiger partial charge in [-0.25, -0.2) is 14.2 Å². The molecule has 136 valence electrons. The van der Waals surface area contributed by atoms with Crippen molar-refractivity contribution in [3.63, 3.8) is 0 Å². The predicted molar refractivity (Wildman–Crippen MR) is 92.2 cm³/mol. The van der Waals surface area contributed by atoms with Gasteiger partial charge in [0.2, 0.25) is 6.29 Å². The van der Waals surface area contributed by atoms with E-state index in [9.17, 15) is 9.18 Å². The summed E-state index contributed by atoms with van der Waals surface area (Å²) in [5.74, 6) is -0.638. The first-order valence-corrected chi connectivity index (χ1v) is 8.28. The number of esters is 1. The van der Waals surface area contributed by atoms with E-state index in [2.05, 4.69) is 9.97 Å². The molecule has 0 spiro atoms. The van der Waals surface area contributed by atoms with E-state index in [1.165, 1.54) is 30.7 Å². The minimum Gasteiger partial charge on any atom is -0.460 e. The maximum atomic E-state index is 13.9. The third-order valence-corrected chi connectivity index (χ3v) is 4.03. The molecule has 4 rings (SSSR count). The van der Waals surface area contributed by atoms with Gasteiger partial charge >= 0.3 is 5.97 Å².